The number of alkyl halides is 3. The zero-order valence-corrected chi connectivity index (χ0v) is 34.2. The lowest BCUT2D eigenvalue weighted by atomic mass is 10.1. The summed E-state index contributed by atoms with van der Waals surface area (Å²) in [5, 5.41) is 6.76. The van der Waals surface area contributed by atoms with Crippen molar-refractivity contribution in [3.05, 3.63) is 159 Å². The lowest BCUT2D eigenvalue weighted by Crippen LogP contribution is -2.11. The maximum atomic E-state index is 14.2. The van der Waals surface area contributed by atoms with Crippen LogP contribution in [0.25, 0.3) is 44.8 Å². The van der Waals surface area contributed by atoms with E-state index in [1.54, 1.807) is 84.9 Å². The molecule has 0 saturated carbocycles. The van der Waals surface area contributed by atoms with Gasteiger partial charge in [0.25, 0.3) is 11.8 Å². The van der Waals surface area contributed by atoms with E-state index in [1.807, 2.05) is 0 Å². The van der Waals surface area contributed by atoms with Crippen LogP contribution in [0.4, 0.5) is 34.6 Å². The highest BCUT2D eigenvalue weighted by atomic mass is 35.5. The molecule has 6 aromatic carbocycles. The molecule has 310 valence electrons. The molecule has 2 heterocycles. The van der Waals surface area contributed by atoms with Crippen LogP contribution in [0.15, 0.2) is 121 Å². The van der Waals surface area contributed by atoms with Crippen LogP contribution in [0.1, 0.15) is 26.3 Å². The van der Waals surface area contributed by atoms with Crippen LogP contribution in [-0.4, -0.2) is 46.4 Å². The van der Waals surface area contributed by atoms with Crippen LogP contribution >= 0.6 is 34.8 Å². The van der Waals surface area contributed by atoms with E-state index >= 15 is 0 Å². The van der Waals surface area contributed by atoms with Crippen molar-refractivity contribution >= 4 is 95.8 Å². The molecule has 0 atom stereocenters. The number of hydrogen-bond acceptors (Lipinski definition) is 6. The molecule has 2 aromatic heterocycles. The van der Waals surface area contributed by atoms with Gasteiger partial charge < -0.3 is 20.6 Å². The number of fused-ring (bicyclic) bond motifs is 2. The number of carbonyl (C=O) groups excluding carboxylic acids is 2. The van der Waals surface area contributed by atoms with Crippen LogP contribution < -0.4 is 15.4 Å². The Labute approximate surface area is 359 Å². The second-order valence-corrected chi connectivity index (χ2v) is 16.3. The summed E-state index contributed by atoms with van der Waals surface area (Å²) in [5.74, 6) is -1.71. The molecular formula is C42H28Cl3F4N7O4S. The fraction of sp³-hybridized carbons (Fsp3) is 0.0476. The normalized spacial score (nSPS) is 11.5. The summed E-state index contributed by atoms with van der Waals surface area (Å²) >= 11 is 18.2. The van der Waals surface area contributed by atoms with E-state index in [9.17, 15) is 35.6 Å². The maximum Gasteiger partial charge on any atom is 0.417 e. The van der Waals surface area contributed by atoms with Gasteiger partial charge in [-0.3, -0.25) is 14.3 Å². The predicted molar refractivity (Wildman–Crippen MR) is 230 cm³/mol. The number of H-pyrrole nitrogens is 2. The predicted octanol–water partition coefficient (Wildman–Crippen LogP) is 11.5. The van der Waals surface area contributed by atoms with E-state index in [1.165, 1.54) is 18.2 Å². The summed E-state index contributed by atoms with van der Waals surface area (Å²) in [5.41, 5.74) is 2.39. The number of benzene rings is 6. The number of rotatable bonds is 8. The molecule has 0 aliphatic heterocycles. The van der Waals surface area contributed by atoms with Gasteiger partial charge in [0, 0.05) is 32.5 Å². The highest BCUT2D eigenvalue weighted by Crippen LogP contribution is 2.38. The Morgan fingerprint density at radius 1 is 0.639 bits per heavy atom. The minimum atomic E-state index is -4.75. The largest absolute Gasteiger partial charge is 0.417 e. The zero-order chi connectivity index (χ0) is 43.6. The first-order valence-corrected chi connectivity index (χ1v) is 20.7. The molecule has 0 radical (unpaired) electrons. The second kappa shape index (κ2) is 17.3. The lowest BCUT2D eigenvalue weighted by molar-refractivity contribution is -0.137. The third-order valence-electron chi connectivity index (χ3n) is 8.75. The lowest BCUT2D eigenvalue weighted by Gasteiger charge is -2.11. The average molecular weight is 909 g/mol. The van der Waals surface area contributed by atoms with Gasteiger partial charge in [0.2, 0.25) is 10.0 Å². The highest BCUT2D eigenvalue weighted by Gasteiger charge is 2.36. The van der Waals surface area contributed by atoms with E-state index in [4.69, 9.17) is 34.8 Å². The monoisotopic (exact) mass is 907 g/mol. The Balaban J connectivity index is 0.000000184. The summed E-state index contributed by atoms with van der Waals surface area (Å²) in [6.07, 6.45) is -3.69. The van der Waals surface area contributed by atoms with Gasteiger partial charge in [0.15, 0.2) is 0 Å². The molecule has 0 spiro atoms. The van der Waals surface area contributed by atoms with Crippen molar-refractivity contribution in [2.24, 2.45) is 0 Å². The van der Waals surface area contributed by atoms with Gasteiger partial charge in [-0.25, -0.2) is 22.8 Å². The van der Waals surface area contributed by atoms with Gasteiger partial charge in [-0.15, -0.1) is 0 Å². The Bertz CT molecular complexity index is 3100. The number of sulfonamides is 1. The summed E-state index contributed by atoms with van der Waals surface area (Å²) in [6.45, 7) is 0. The number of aromatic nitrogens is 4. The summed E-state index contributed by atoms with van der Waals surface area (Å²) < 4.78 is 80.0. The van der Waals surface area contributed by atoms with E-state index in [-0.39, 0.29) is 17.3 Å². The van der Waals surface area contributed by atoms with Crippen LogP contribution in [-0.2, 0) is 16.2 Å². The van der Waals surface area contributed by atoms with Gasteiger partial charge in [-0.1, -0.05) is 59.1 Å². The molecule has 0 aliphatic rings. The molecule has 61 heavy (non-hydrogen) atoms. The SMILES string of the molecule is CS(=O)(=O)Nc1cccc(Cl)c1-c1nc2ccc(C(=O)Nc3cccc(Cl)c3)cc2[nH]1.O=C(Nc1cccc(Cl)c1)c1ccc2nc(-c3c(F)cccc3C(F)(F)F)[nH]c2c1. The number of hydrogen-bond donors (Lipinski definition) is 5. The highest BCUT2D eigenvalue weighted by molar-refractivity contribution is 7.92. The maximum absolute atomic E-state index is 14.2. The first kappa shape index (κ1) is 42.7. The average Bonchev–Trinajstić information content (AvgIpc) is 3.81. The molecule has 19 heteroatoms. The second-order valence-electron chi connectivity index (χ2n) is 13.3. The number of anilines is 3. The molecule has 8 rings (SSSR count). The Morgan fingerprint density at radius 3 is 1.62 bits per heavy atom. The molecule has 2 amide bonds. The van der Waals surface area contributed by atoms with Crippen LogP contribution in [0.2, 0.25) is 15.1 Å². The number of nitrogens with one attached hydrogen (secondary N) is 5. The van der Waals surface area contributed by atoms with Crippen LogP contribution in [0, 0.1) is 5.82 Å². The molecule has 8 aromatic rings. The molecule has 0 unspecified atom stereocenters. The quantitative estimate of drug-likeness (QED) is 0.0954. The molecule has 5 N–H and O–H groups in total. The zero-order valence-electron chi connectivity index (χ0n) is 31.1. The number of halogens is 7. The molecule has 11 nitrogen and oxygen atoms in total. The molecule has 0 saturated heterocycles. The van der Waals surface area contributed by atoms with Crippen molar-refractivity contribution in [2.75, 3.05) is 21.6 Å². The number of amides is 2. The Hall–Kier alpha value is -6.46. The van der Waals surface area contributed by atoms with Gasteiger partial charge in [0.05, 0.1) is 55.7 Å². The van der Waals surface area contributed by atoms with E-state index in [0.29, 0.717) is 71.1 Å². The van der Waals surface area contributed by atoms with Crippen molar-refractivity contribution < 1.29 is 35.6 Å². The minimum absolute atomic E-state index is 0.238. The summed E-state index contributed by atoms with van der Waals surface area (Å²) in [7, 11) is -3.52. The minimum Gasteiger partial charge on any atom is -0.338 e. The number of nitrogens with zero attached hydrogens (tertiary/aromatic N) is 2. The molecule has 0 fully saturated rings. The van der Waals surface area contributed by atoms with Gasteiger partial charge in [-0.05, 0) is 97.1 Å². The third kappa shape index (κ3) is 10.1. The summed E-state index contributed by atoms with van der Waals surface area (Å²) in [6, 6.07) is 30.4. The van der Waals surface area contributed by atoms with E-state index in [0.717, 1.165) is 24.5 Å². The number of carbonyl (C=O) groups is 2. The summed E-state index contributed by atoms with van der Waals surface area (Å²) in [4.78, 5) is 39.5. The van der Waals surface area contributed by atoms with Crippen molar-refractivity contribution in [2.45, 2.75) is 6.18 Å². The van der Waals surface area contributed by atoms with Gasteiger partial charge in [-0.2, -0.15) is 13.2 Å². The Morgan fingerprint density at radius 2 is 1.13 bits per heavy atom. The topological polar surface area (TPSA) is 162 Å². The van der Waals surface area contributed by atoms with Crippen molar-refractivity contribution in [1.82, 2.24) is 19.9 Å². The van der Waals surface area contributed by atoms with Gasteiger partial charge in [0.1, 0.15) is 17.5 Å². The van der Waals surface area contributed by atoms with Crippen molar-refractivity contribution in [3.63, 3.8) is 0 Å². The number of imidazole rings is 2. The van der Waals surface area contributed by atoms with Crippen LogP contribution in [0.3, 0.4) is 0 Å². The number of aromatic amines is 2. The first-order valence-electron chi connectivity index (χ1n) is 17.7. The van der Waals surface area contributed by atoms with E-state index in [2.05, 4.69) is 35.3 Å². The Kier molecular flexibility index (Phi) is 12.1. The smallest absolute Gasteiger partial charge is 0.338 e. The van der Waals surface area contributed by atoms with E-state index < -0.39 is 39.1 Å². The van der Waals surface area contributed by atoms with Crippen LogP contribution in [0.5, 0.6) is 0 Å². The molecule has 0 aliphatic carbocycles. The fourth-order valence-corrected chi connectivity index (χ4v) is 7.34. The third-order valence-corrected chi connectivity index (χ3v) is 10.1. The van der Waals surface area contributed by atoms with Gasteiger partial charge >= 0.3 is 6.18 Å². The molecule has 0 bridgehead atoms. The fourth-order valence-electron chi connectivity index (χ4n) is 6.13. The first-order chi connectivity index (χ1) is 28.9. The van der Waals surface area contributed by atoms with Crippen molar-refractivity contribution in [3.8, 4) is 22.8 Å². The standard InChI is InChI=1S/C21H16Cl2N4O3S.C21H12ClF4N3O/c1-31(29,30)27-17-7-3-6-15(23)19(17)20-25-16-9-8-12(10-18(16)26-20)21(28)24-14-5-2-4-13(22)11-14;22-12-3-1-4-13(10-12)27-20(30)11-7-8-16-17(9-11)29-19(28-16)18-14(21(24,25)26)5-2-6-15(18)23/h2-11,27H,1H3,(H,24,28)(H,25,26);1-10H,(H,27,30)(H,28,29). The molecular weight excluding hydrogens is 881 g/mol. The van der Waals surface area contributed by atoms with Crippen molar-refractivity contribution in [1.29, 1.82) is 0 Å².